The molecule has 8 heteroatoms. The van der Waals surface area contributed by atoms with Crippen molar-refractivity contribution in [3.05, 3.63) is 58.9 Å². The molecule has 3 aromatic rings. The number of thioether (sulfide) groups is 1. The number of amides is 1. The first-order valence-electron chi connectivity index (χ1n) is 10.5. The van der Waals surface area contributed by atoms with Crippen molar-refractivity contribution >= 4 is 23.4 Å². The fourth-order valence-electron chi connectivity index (χ4n) is 3.79. The monoisotopic (exact) mass is 452 g/mol. The van der Waals surface area contributed by atoms with E-state index in [9.17, 15) is 9.18 Å². The van der Waals surface area contributed by atoms with Gasteiger partial charge in [-0.3, -0.25) is 9.69 Å². The van der Waals surface area contributed by atoms with Crippen molar-refractivity contribution in [1.82, 2.24) is 15.2 Å². The van der Waals surface area contributed by atoms with Crippen LogP contribution in [0, 0.1) is 25.6 Å². The molecule has 1 atom stereocenters. The van der Waals surface area contributed by atoms with Crippen LogP contribution in [0.4, 0.5) is 10.1 Å². The highest BCUT2D eigenvalue weighted by atomic mass is 32.2. The SMILES string of the molecule is CC(=O)N1c2c(C)cc(C)cc2-c2nnc(SCC(C)C)nc2OC1c1cccc(F)c1. The minimum absolute atomic E-state index is 0.234. The maximum atomic E-state index is 14.1. The standard InChI is InChI=1S/C24H25FN4O2S/c1-13(2)12-32-24-26-22-20(27-28-24)19-10-14(3)9-15(4)21(19)29(16(5)30)23(31-22)17-7-6-8-18(25)11-17/h6-11,13,23H,12H2,1-5H3. The number of aryl methyl sites for hydroxylation is 2. The van der Waals surface area contributed by atoms with Crippen molar-refractivity contribution in [2.24, 2.45) is 5.92 Å². The maximum Gasteiger partial charge on any atom is 0.247 e. The van der Waals surface area contributed by atoms with Crippen molar-refractivity contribution in [2.75, 3.05) is 10.7 Å². The van der Waals surface area contributed by atoms with E-state index in [4.69, 9.17) is 4.74 Å². The first-order valence-corrected chi connectivity index (χ1v) is 11.4. The zero-order valence-corrected chi connectivity index (χ0v) is 19.5. The van der Waals surface area contributed by atoms with Gasteiger partial charge in [-0.2, -0.15) is 4.98 Å². The van der Waals surface area contributed by atoms with Gasteiger partial charge in [-0.1, -0.05) is 49.4 Å². The van der Waals surface area contributed by atoms with Gasteiger partial charge in [-0.05, 0) is 43.5 Å². The predicted octanol–water partition coefficient (Wildman–Crippen LogP) is 5.49. The molecule has 1 amide bonds. The normalized spacial score (nSPS) is 15.1. The van der Waals surface area contributed by atoms with Crippen molar-refractivity contribution in [1.29, 1.82) is 0 Å². The number of hydrogen-bond acceptors (Lipinski definition) is 6. The molecular formula is C24H25FN4O2S. The highest BCUT2D eigenvalue weighted by Crippen LogP contribution is 2.45. The molecule has 0 spiro atoms. The van der Waals surface area contributed by atoms with E-state index in [2.05, 4.69) is 29.0 Å². The lowest BCUT2D eigenvalue weighted by Crippen LogP contribution is -2.36. The molecular weight excluding hydrogens is 427 g/mol. The number of rotatable bonds is 4. The van der Waals surface area contributed by atoms with Gasteiger partial charge in [0.1, 0.15) is 5.82 Å². The molecule has 2 aromatic carbocycles. The summed E-state index contributed by atoms with van der Waals surface area (Å²) in [5, 5.41) is 9.25. The Morgan fingerprint density at radius 3 is 2.69 bits per heavy atom. The van der Waals surface area contributed by atoms with Gasteiger partial charge in [0.2, 0.25) is 23.2 Å². The summed E-state index contributed by atoms with van der Waals surface area (Å²) >= 11 is 1.50. The third-order valence-corrected chi connectivity index (χ3v) is 6.32. The van der Waals surface area contributed by atoms with Gasteiger partial charge < -0.3 is 4.74 Å². The fourth-order valence-corrected chi connectivity index (χ4v) is 4.52. The van der Waals surface area contributed by atoms with Crippen molar-refractivity contribution < 1.29 is 13.9 Å². The van der Waals surface area contributed by atoms with Gasteiger partial charge in [-0.15, -0.1) is 10.2 Å². The fraction of sp³-hybridized carbons (Fsp3) is 0.333. The molecule has 4 rings (SSSR count). The average molecular weight is 453 g/mol. The van der Waals surface area contributed by atoms with E-state index in [0.29, 0.717) is 33.6 Å². The zero-order valence-electron chi connectivity index (χ0n) is 18.7. The Labute approximate surface area is 191 Å². The molecule has 0 fully saturated rings. The molecule has 1 aliphatic rings. The Morgan fingerprint density at radius 2 is 2.00 bits per heavy atom. The van der Waals surface area contributed by atoms with Crippen LogP contribution in [0.2, 0.25) is 0 Å². The first-order chi connectivity index (χ1) is 15.2. The molecule has 6 nitrogen and oxygen atoms in total. The number of carbonyl (C=O) groups excluding carboxylic acids is 1. The van der Waals surface area contributed by atoms with E-state index < -0.39 is 12.0 Å². The summed E-state index contributed by atoms with van der Waals surface area (Å²) in [6.45, 7) is 9.62. The summed E-state index contributed by atoms with van der Waals surface area (Å²) < 4.78 is 20.4. The third kappa shape index (κ3) is 4.32. The number of halogens is 1. The van der Waals surface area contributed by atoms with E-state index in [1.807, 2.05) is 26.0 Å². The Hall–Kier alpha value is -3.00. The summed E-state index contributed by atoms with van der Waals surface area (Å²) in [7, 11) is 0. The molecule has 0 N–H and O–H groups in total. The lowest BCUT2D eigenvalue weighted by molar-refractivity contribution is -0.118. The van der Waals surface area contributed by atoms with Crippen LogP contribution in [0.1, 0.15) is 43.7 Å². The molecule has 166 valence electrons. The minimum Gasteiger partial charge on any atom is -0.447 e. The number of aromatic nitrogens is 3. The average Bonchev–Trinajstić information content (AvgIpc) is 2.87. The third-order valence-electron chi connectivity index (χ3n) is 5.05. The summed E-state index contributed by atoms with van der Waals surface area (Å²) in [4.78, 5) is 19.1. The van der Waals surface area contributed by atoms with Crippen LogP contribution in [-0.4, -0.2) is 26.8 Å². The van der Waals surface area contributed by atoms with Gasteiger partial charge in [0.25, 0.3) is 0 Å². The number of carbonyl (C=O) groups is 1. The second kappa shape index (κ2) is 8.86. The molecule has 2 heterocycles. The van der Waals surface area contributed by atoms with E-state index >= 15 is 0 Å². The van der Waals surface area contributed by atoms with E-state index in [-0.39, 0.29) is 11.8 Å². The summed E-state index contributed by atoms with van der Waals surface area (Å²) in [5.74, 6) is 0.928. The van der Waals surface area contributed by atoms with Gasteiger partial charge in [0.05, 0.1) is 5.69 Å². The number of nitrogens with zero attached hydrogens (tertiary/aromatic N) is 4. The first kappa shape index (κ1) is 22.2. The highest BCUT2D eigenvalue weighted by molar-refractivity contribution is 7.99. The Kier molecular flexibility index (Phi) is 6.15. The lowest BCUT2D eigenvalue weighted by Gasteiger charge is -2.31. The molecule has 0 aliphatic carbocycles. The second-order valence-corrected chi connectivity index (χ2v) is 9.33. The summed E-state index contributed by atoms with van der Waals surface area (Å²) in [6.07, 6.45) is -0.899. The predicted molar refractivity (Wildman–Crippen MR) is 123 cm³/mol. The van der Waals surface area contributed by atoms with Crippen LogP contribution in [0.15, 0.2) is 41.6 Å². The quantitative estimate of drug-likeness (QED) is 0.488. The van der Waals surface area contributed by atoms with Crippen LogP contribution in [0.5, 0.6) is 5.88 Å². The zero-order chi connectivity index (χ0) is 23.0. The largest absolute Gasteiger partial charge is 0.447 e. The van der Waals surface area contributed by atoms with Crippen LogP contribution in [0.25, 0.3) is 11.3 Å². The number of ether oxygens (including phenoxy) is 1. The molecule has 1 aliphatic heterocycles. The van der Waals surface area contributed by atoms with Crippen LogP contribution in [-0.2, 0) is 4.79 Å². The number of hydrogen-bond donors (Lipinski definition) is 0. The molecule has 0 saturated carbocycles. The van der Waals surface area contributed by atoms with Gasteiger partial charge >= 0.3 is 0 Å². The van der Waals surface area contributed by atoms with E-state index in [0.717, 1.165) is 16.9 Å². The highest BCUT2D eigenvalue weighted by Gasteiger charge is 2.36. The van der Waals surface area contributed by atoms with Crippen molar-refractivity contribution in [2.45, 2.75) is 46.0 Å². The minimum atomic E-state index is -0.899. The Morgan fingerprint density at radius 1 is 1.22 bits per heavy atom. The van der Waals surface area contributed by atoms with Crippen LogP contribution in [0.3, 0.4) is 0 Å². The van der Waals surface area contributed by atoms with Crippen molar-refractivity contribution in [3.8, 4) is 17.1 Å². The molecule has 0 saturated heterocycles. The smallest absolute Gasteiger partial charge is 0.247 e. The van der Waals surface area contributed by atoms with Crippen LogP contribution < -0.4 is 9.64 Å². The molecule has 0 bridgehead atoms. The Balaban J connectivity index is 1.95. The molecule has 1 aromatic heterocycles. The lowest BCUT2D eigenvalue weighted by atomic mass is 10.00. The molecule has 1 unspecified atom stereocenters. The summed E-state index contributed by atoms with van der Waals surface area (Å²) in [6, 6.07) is 10.0. The number of fused-ring (bicyclic) bond motifs is 3. The van der Waals surface area contributed by atoms with Gasteiger partial charge in [0.15, 0.2) is 5.69 Å². The number of anilines is 1. The summed E-state index contributed by atoms with van der Waals surface area (Å²) in [5.41, 5.74) is 4.25. The number of benzene rings is 2. The second-order valence-electron chi connectivity index (χ2n) is 8.35. The molecule has 32 heavy (non-hydrogen) atoms. The molecule has 0 radical (unpaired) electrons. The van der Waals surface area contributed by atoms with E-state index in [1.54, 1.807) is 17.0 Å². The van der Waals surface area contributed by atoms with Gasteiger partial charge in [-0.25, -0.2) is 4.39 Å². The van der Waals surface area contributed by atoms with E-state index in [1.165, 1.54) is 30.8 Å². The van der Waals surface area contributed by atoms with Crippen LogP contribution >= 0.6 is 11.8 Å². The van der Waals surface area contributed by atoms with Crippen molar-refractivity contribution in [3.63, 3.8) is 0 Å². The Bertz CT molecular complexity index is 1180. The van der Waals surface area contributed by atoms with Gasteiger partial charge in [0, 0.05) is 23.8 Å². The maximum absolute atomic E-state index is 14.1. The topological polar surface area (TPSA) is 68.2 Å².